The number of methoxy groups -OCH3 is 1. The zero-order valence-corrected chi connectivity index (χ0v) is 12.5. The summed E-state index contributed by atoms with van der Waals surface area (Å²) in [6, 6.07) is 7.22. The Kier molecular flexibility index (Phi) is 8.06. The van der Waals surface area contributed by atoms with Crippen LogP contribution in [0.4, 0.5) is 4.39 Å². The Morgan fingerprint density at radius 2 is 2.30 bits per heavy atom. The highest BCUT2D eigenvalue weighted by molar-refractivity contribution is 7.98. The van der Waals surface area contributed by atoms with Crippen LogP contribution in [0.25, 0.3) is 0 Å². The quantitative estimate of drug-likeness (QED) is 0.707. The molecule has 0 heterocycles. The number of benzene rings is 1. The number of rotatable bonds is 9. The van der Waals surface area contributed by atoms with Crippen molar-refractivity contribution in [2.45, 2.75) is 11.8 Å². The Labute approximate surface area is 123 Å². The second-order valence-electron chi connectivity index (χ2n) is 4.06. The number of likely N-dealkylation sites (N-methyl/N-ethyl adjacent to an activating group) is 1. The van der Waals surface area contributed by atoms with Crippen LogP contribution in [0.1, 0.15) is 5.56 Å². The highest BCUT2D eigenvalue weighted by Gasteiger charge is 2.16. The lowest BCUT2D eigenvalue weighted by Crippen LogP contribution is -2.37. The highest BCUT2D eigenvalue weighted by atomic mass is 32.2. The van der Waals surface area contributed by atoms with Crippen LogP contribution >= 0.6 is 11.8 Å². The van der Waals surface area contributed by atoms with Crippen LogP contribution in [0.3, 0.4) is 0 Å². The lowest BCUT2D eigenvalue weighted by Gasteiger charge is -2.13. The molecule has 0 spiro atoms. The number of halogens is 1. The zero-order chi connectivity index (χ0) is 14.8. The maximum absolute atomic E-state index is 12.0. The van der Waals surface area contributed by atoms with Crippen molar-refractivity contribution < 1.29 is 18.7 Å². The molecule has 0 fully saturated rings. The second kappa shape index (κ2) is 9.61. The molecule has 0 amide bonds. The van der Waals surface area contributed by atoms with Gasteiger partial charge in [-0.15, -0.1) is 0 Å². The van der Waals surface area contributed by atoms with Crippen molar-refractivity contribution in [1.29, 1.82) is 0 Å². The monoisotopic (exact) mass is 301 g/mol. The molecule has 0 aliphatic carbocycles. The smallest absolute Gasteiger partial charge is 0.323 e. The predicted molar refractivity (Wildman–Crippen MR) is 78.9 cm³/mol. The van der Waals surface area contributed by atoms with Crippen molar-refractivity contribution in [3.05, 3.63) is 29.8 Å². The van der Waals surface area contributed by atoms with Crippen LogP contribution in [0.2, 0.25) is 0 Å². The van der Waals surface area contributed by atoms with Crippen molar-refractivity contribution in [2.24, 2.45) is 0 Å². The Balaban J connectivity index is 2.43. The van der Waals surface area contributed by atoms with Crippen molar-refractivity contribution in [3.63, 3.8) is 0 Å². The number of carbonyl (C=O) groups is 1. The molecule has 6 heteroatoms. The minimum absolute atomic E-state index is 0.0702. The number of nitrogens with one attached hydrogen (secondary N) is 1. The Morgan fingerprint density at radius 1 is 1.50 bits per heavy atom. The van der Waals surface area contributed by atoms with Gasteiger partial charge in [0.1, 0.15) is 25.1 Å². The van der Waals surface area contributed by atoms with Gasteiger partial charge in [-0.05, 0) is 24.7 Å². The lowest BCUT2D eigenvalue weighted by atomic mass is 10.2. The third-order valence-electron chi connectivity index (χ3n) is 2.63. The molecule has 0 radical (unpaired) electrons. The van der Waals surface area contributed by atoms with E-state index in [1.807, 2.05) is 18.2 Å². The van der Waals surface area contributed by atoms with Gasteiger partial charge in [0.2, 0.25) is 0 Å². The van der Waals surface area contributed by atoms with Gasteiger partial charge < -0.3 is 14.8 Å². The molecule has 0 bridgehead atoms. The molecule has 20 heavy (non-hydrogen) atoms. The molecular weight excluding hydrogens is 281 g/mol. The summed E-state index contributed by atoms with van der Waals surface area (Å²) in [4.78, 5) is 11.4. The van der Waals surface area contributed by atoms with Gasteiger partial charge in [0, 0.05) is 11.5 Å². The Bertz CT molecular complexity index is 417. The van der Waals surface area contributed by atoms with Crippen LogP contribution < -0.4 is 10.1 Å². The fourth-order valence-corrected chi connectivity index (χ4v) is 2.66. The summed E-state index contributed by atoms with van der Waals surface area (Å²) >= 11 is 1.62. The number of hydrogen-bond donors (Lipinski definition) is 1. The van der Waals surface area contributed by atoms with Crippen molar-refractivity contribution in [3.8, 4) is 5.75 Å². The summed E-state index contributed by atoms with van der Waals surface area (Å²) in [6.07, 6.45) is 0. The van der Waals surface area contributed by atoms with E-state index in [1.165, 1.54) is 7.11 Å². The third-order valence-corrected chi connectivity index (χ3v) is 3.74. The largest absolute Gasteiger partial charge is 0.491 e. The SMILES string of the molecule is CNC(CSCc1cccc(OCCF)c1)C(=O)OC. The number of thioether (sulfide) groups is 1. The first-order valence-electron chi connectivity index (χ1n) is 6.31. The summed E-state index contributed by atoms with van der Waals surface area (Å²) in [6.45, 7) is -0.428. The second-order valence-corrected chi connectivity index (χ2v) is 5.09. The van der Waals surface area contributed by atoms with Gasteiger partial charge in [-0.1, -0.05) is 12.1 Å². The van der Waals surface area contributed by atoms with E-state index in [1.54, 1.807) is 24.9 Å². The standard InChI is InChI=1S/C14H20FNO3S/c1-16-13(14(17)18-2)10-20-9-11-4-3-5-12(8-11)19-7-6-15/h3-5,8,13,16H,6-7,9-10H2,1-2H3. The number of hydrogen-bond acceptors (Lipinski definition) is 5. The Hall–Kier alpha value is -1.27. The van der Waals surface area contributed by atoms with Crippen LogP contribution in [-0.4, -0.2) is 45.2 Å². The minimum Gasteiger partial charge on any atom is -0.491 e. The van der Waals surface area contributed by atoms with E-state index in [4.69, 9.17) is 9.47 Å². The summed E-state index contributed by atoms with van der Waals surface area (Å²) in [5.41, 5.74) is 1.08. The van der Waals surface area contributed by atoms with E-state index >= 15 is 0 Å². The van der Waals surface area contributed by atoms with Gasteiger partial charge >= 0.3 is 5.97 Å². The third kappa shape index (κ3) is 5.79. The molecule has 0 saturated carbocycles. The molecule has 0 aliphatic heterocycles. The van der Waals surface area contributed by atoms with Gasteiger partial charge in [-0.3, -0.25) is 4.79 Å². The fraction of sp³-hybridized carbons (Fsp3) is 0.500. The number of ether oxygens (including phenoxy) is 2. The van der Waals surface area contributed by atoms with Crippen molar-refractivity contribution in [2.75, 3.05) is 33.2 Å². The first-order valence-corrected chi connectivity index (χ1v) is 7.47. The zero-order valence-electron chi connectivity index (χ0n) is 11.7. The molecule has 4 nitrogen and oxygen atoms in total. The van der Waals surface area contributed by atoms with Crippen LogP contribution in [-0.2, 0) is 15.3 Å². The fourth-order valence-electron chi connectivity index (χ4n) is 1.59. The molecule has 1 unspecified atom stereocenters. The predicted octanol–water partition coefficient (Wildman–Crippen LogP) is 2.03. The van der Waals surface area contributed by atoms with Gasteiger partial charge in [0.25, 0.3) is 0 Å². The molecule has 1 atom stereocenters. The molecular formula is C14H20FNO3S. The molecule has 1 rings (SSSR count). The molecule has 0 saturated heterocycles. The Morgan fingerprint density at radius 3 is 2.95 bits per heavy atom. The van der Waals surface area contributed by atoms with Crippen LogP contribution in [0.5, 0.6) is 5.75 Å². The highest BCUT2D eigenvalue weighted by Crippen LogP contribution is 2.18. The van der Waals surface area contributed by atoms with Gasteiger partial charge in [0.05, 0.1) is 7.11 Å². The maximum atomic E-state index is 12.0. The lowest BCUT2D eigenvalue weighted by molar-refractivity contribution is -0.142. The molecule has 1 aromatic rings. The maximum Gasteiger partial charge on any atom is 0.323 e. The molecule has 1 aromatic carbocycles. The van der Waals surface area contributed by atoms with Gasteiger partial charge in [0.15, 0.2) is 0 Å². The van der Waals surface area contributed by atoms with E-state index in [-0.39, 0.29) is 18.6 Å². The van der Waals surface area contributed by atoms with Crippen molar-refractivity contribution in [1.82, 2.24) is 5.32 Å². The number of esters is 1. The summed E-state index contributed by atoms with van der Waals surface area (Å²) in [5.74, 6) is 1.78. The number of carbonyl (C=O) groups excluding carboxylic acids is 1. The molecule has 0 aromatic heterocycles. The first kappa shape index (κ1) is 16.8. The van der Waals surface area contributed by atoms with Crippen molar-refractivity contribution >= 4 is 17.7 Å². The first-order chi connectivity index (χ1) is 9.71. The van der Waals surface area contributed by atoms with E-state index in [0.29, 0.717) is 11.5 Å². The normalized spacial score (nSPS) is 11.9. The van der Waals surface area contributed by atoms with E-state index in [0.717, 1.165) is 11.3 Å². The van der Waals surface area contributed by atoms with E-state index < -0.39 is 6.67 Å². The van der Waals surface area contributed by atoms with Gasteiger partial charge in [-0.25, -0.2) is 4.39 Å². The van der Waals surface area contributed by atoms with Crippen LogP contribution in [0.15, 0.2) is 24.3 Å². The summed E-state index contributed by atoms with van der Waals surface area (Å²) in [5, 5.41) is 2.92. The minimum atomic E-state index is -0.498. The van der Waals surface area contributed by atoms with Crippen LogP contribution in [0, 0.1) is 0 Å². The summed E-state index contributed by atoms with van der Waals surface area (Å²) in [7, 11) is 3.11. The van der Waals surface area contributed by atoms with Gasteiger partial charge in [-0.2, -0.15) is 11.8 Å². The van der Waals surface area contributed by atoms with E-state index in [9.17, 15) is 9.18 Å². The molecule has 0 aliphatic rings. The number of alkyl halides is 1. The molecule has 112 valence electrons. The molecule has 1 N–H and O–H groups in total. The topological polar surface area (TPSA) is 47.6 Å². The van der Waals surface area contributed by atoms with E-state index in [2.05, 4.69) is 5.32 Å². The average molecular weight is 301 g/mol. The summed E-state index contributed by atoms with van der Waals surface area (Å²) < 4.78 is 22.0. The average Bonchev–Trinajstić information content (AvgIpc) is 2.49.